The van der Waals surface area contributed by atoms with Gasteiger partial charge < -0.3 is 14.4 Å². The SMILES string of the molecule is CC(C)(C)OC(=O)N1CCC2(CC1)CNSc1cccnc1O2. The minimum absolute atomic E-state index is 0.248. The summed E-state index contributed by atoms with van der Waals surface area (Å²) in [5, 5.41) is 0. The van der Waals surface area contributed by atoms with Gasteiger partial charge in [0.25, 0.3) is 0 Å². The zero-order valence-electron chi connectivity index (χ0n) is 13.8. The fourth-order valence-corrected chi connectivity index (χ4v) is 3.54. The number of aromatic nitrogens is 1. The summed E-state index contributed by atoms with van der Waals surface area (Å²) >= 11 is 1.55. The van der Waals surface area contributed by atoms with E-state index in [9.17, 15) is 4.79 Å². The average molecular weight is 337 g/mol. The molecule has 0 unspecified atom stereocenters. The van der Waals surface area contributed by atoms with Crippen LogP contribution in [0.1, 0.15) is 33.6 Å². The highest BCUT2D eigenvalue weighted by atomic mass is 32.2. The lowest BCUT2D eigenvalue weighted by Gasteiger charge is -2.40. The van der Waals surface area contributed by atoms with Crippen molar-refractivity contribution < 1.29 is 14.3 Å². The monoisotopic (exact) mass is 337 g/mol. The number of pyridine rings is 1. The van der Waals surface area contributed by atoms with Crippen molar-refractivity contribution in [2.45, 2.75) is 49.7 Å². The van der Waals surface area contributed by atoms with E-state index in [4.69, 9.17) is 9.47 Å². The first-order valence-electron chi connectivity index (χ1n) is 7.89. The number of amides is 1. The van der Waals surface area contributed by atoms with Gasteiger partial charge >= 0.3 is 6.09 Å². The van der Waals surface area contributed by atoms with Crippen LogP contribution in [0.2, 0.25) is 0 Å². The molecule has 1 aromatic rings. The second-order valence-electron chi connectivity index (χ2n) is 6.98. The molecular weight excluding hydrogens is 314 g/mol. The molecule has 0 radical (unpaired) electrons. The molecule has 0 bridgehead atoms. The summed E-state index contributed by atoms with van der Waals surface area (Å²) in [6.07, 6.45) is 3.02. The highest BCUT2D eigenvalue weighted by molar-refractivity contribution is 7.97. The van der Waals surface area contributed by atoms with E-state index in [1.807, 2.05) is 32.9 Å². The molecule has 23 heavy (non-hydrogen) atoms. The molecule has 0 aromatic carbocycles. The first-order chi connectivity index (χ1) is 10.9. The molecule has 0 aliphatic carbocycles. The van der Waals surface area contributed by atoms with Crippen LogP contribution >= 0.6 is 11.9 Å². The fourth-order valence-electron chi connectivity index (χ4n) is 2.72. The van der Waals surface area contributed by atoms with Crippen LogP contribution in [-0.2, 0) is 4.74 Å². The van der Waals surface area contributed by atoms with Crippen molar-refractivity contribution in [3.63, 3.8) is 0 Å². The zero-order valence-corrected chi connectivity index (χ0v) is 14.6. The van der Waals surface area contributed by atoms with E-state index >= 15 is 0 Å². The number of fused-ring (bicyclic) bond motifs is 1. The average Bonchev–Trinajstić information content (AvgIpc) is 2.65. The Labute approximate surface area is 141 Å². The summed E-state index contributed by atoms with van der Waals surface area (Å²) in [6, 6.07) is 3.90. The number of carbonyl (C=O) groups excluding carboxylic acids is 1. The lowest BCUT2D eigenvalue weighted by molar-refractivity contribution is -0.0169. The number of hydrogen-bond acceptors (Lipinski definition) is 6. The zero-order chi connectivity index (χ0) is 16.5. The number of ether oxygens (including phenoxy) is 2. The number of nitrogens with zero attached hydrogens (tertiary/aromatic N) is 2. The fraction of sp³-hybridized carbons (Fsp3) is 0.625. The van der Waals surface area contributed by atoms with E-state index in [0.29, 0.717) is 19.0 Å². The Hall–Kier alpha value is -1.47. The van der Waals surface area contributed by atoms with Gasteiger partial charge in [-0.05, 0) is 44.9 Å². The second kappa shape index (κ2) is 6.20. The van der Waals surface area contributed by atoms with E-state index < -0.39 is 5.60 Å². The molecule has 6 nitrogen and oxygen atoms in total. The minimum atomic E-state index is -0.466. The maximum atomic E-state index is 12.2. The van der Waals surface area contributed by atoms with Crippen molar-refractivity contribution >= 4 is 18.0 Å². The maximum Gasteiger partial charge on any atom is 0.410 e. The molecule has 2 aliphatic heterocycles. The molecule has 1 N–H and O–H groups in total. The van der Waals surface area contributed by atoms with Gasteiger partial charge in [0.2, 0.25) is 5.88 Å². The smallest absolute Gasteiger partial charge is 0.410 e. The van der Waals surface area contributed by atoms with Crippen LogP contribution in [0.15, 0.2) is 23.2 Å². The predicted molar refractivity (Wildman–Crippen MR) is 88.5 cm³/mol. The third-order valence-corrected chi connectivity index (χ3v) is 4.77. The molecular formula is C16H23N3O3S. The Morgan fingerprint density at radius 2 is 2.17 bits per heavy atom. The first kappa shape index (κ1) is 16.4. The Kier molecular flexibility index (Phi) is 4.42. The van der Waals surface area contributed by atoms with Crippen molar-refractivity contribution in [1.29, 1.82) is 0 Å². The van der Waals surface area contributed by atoms with Crippen molar-refractivity contribution in [3.8, 4) is 5.88 Å². The lowest BCUT2D eigenvalue weighted by Crippen LogP contribution is -2.54. The van der Waals surface area contributed by atoms with E-state index in [0.717, 1.165) is 24.3 Å². The largest absolute Gasteiger partial charge is 0.469 e. The van der Waals surface area contributed by atoms with E-state index in [2.05, 4.69) is 9.71 Å². The van der Waals surface area contributed by atoms with Crippen molar-refractivity contribution in [2.75, 3.05) is 19.6 Å². The Bertz CT molecular complexity index is 580. The van der Waals surface area contributed by atoms with Crippen LogP contribution in [-0.4, -0.2) is 46.8 Å². The maximum absolute atomic E-state index is 12.2. The van der Waals surface area contributed by atoms with Gasteiger partial charge in [0, 0.05) is 38.7 Å². The number of hydrogen-bond donors (Lipinski definition) is 1. The standard InChI is InChI=1S/C16H23N3O3S/c1-15(2,3)22-14(20)19-9-6-16(7-10-19)11-18-23-12-5-4-8-17-13(12)21-16/h4-5,8,18H,6-7,9-11H2,1-3H3. The van der Waals surface area contributed by atoms with Gasteiger partial charge in [-0.1, -0.05) is 0 Å². The highest BCUT2D eigenvalue weighted by Crippen LogP contribution is 2.36. The summed E-state index contributed by atoms with van der Waals surface area (Å²) < 4.78 is 15.1. The molecule has 7 heteroatoms. The van der Waals surface area contributed by atoms with Crippen molar-refractivity contribution in [1.82, 2.24) is 14.6 Å². The van der Waals surface area contributed by atoms with Crippen LogP contribution in [0, 0.1) is 0 Å². The van der Waals surface area contributed by atoms with Crippen LogP contribution in [0.5, 0.6) is 5.88 Å². The van der Waals surface area contributed by atoms with Gasteiger partial charge in [-0.2, -0.15) is 0 Å². The van der Waals surface area contributed by atoms with E-state index in [1.165, 1.54) is 0 Å². The van der Waals surface area contributed by atoms with E-state index in [1.54, 1.807) is 23.0 Å². The molecule has 2 aliphatic rings. The third-order valence-electron chi connectivity index (χ3n) is 3.95. The Morgan fingerprint density at radius 1 is 1.43 bits per heavy atom. The molecule has 3 heterocycles. The number of rotatable bonds is 0. The first-order valence-corrected chi connectivity index (χ1v) is 8.70. The summed E-state index contributed by atoms with van der Waals surface area (Å²) in [7, 11) is 0. The molecule has 126 valence electrons. The van der Waals surface area contributed by atoms with Crippen LogP contribution in [0.4, 0.5) is 4.79 Å². The van der Waals surface area contributed by atoms with Crippen molar-refractivity contribution in [2.24, 2.45) is 0 Å². The van der Waals surface area contributed by atoms with Gasteiger partial charge in [-0.15, -0.1) is 0 Å². The minimum Gasteiger partial charge on any atom is -0.469 e. The normalized spacial score (nSPS) is 20.4. The lowest BCUT2D eigenvalue weighted by atomic mass is 9.91. The van der Waals surface area contributed by atoms with E-state index in [-0.39, 0.29) is 11.7 Å². The molecule has 0 atom stereocenters. The van der Waals surface area contributed by atoms with Gasteiger partial charge in [0.15, 0.2) is 0 Å². The highest BCUT2D eigenvalue weighted by Gasteiger charge is 2.40. The molecule has 1 saturated heterocycles. The second-order valence-corrected chi connectivity index (χ2v) is 7.91. The summed E-state index contributed by atoms with van der Waals surface area (Å²) in [4.78, 5) is 19.3. The third kappa shape index (κ3) is 3.90. The molecule has 0 saturated carbocycles. The van der Waals surface area contributed by atoms with Crippen LogP contribution < -0.4 is 9.46 Å². The molecule has 1 fully saturated rings. The molecule has 3 rings (SSSR count). The quantitative estimate of drug-likeness (QED) is 0.735. The van der Waals surface area contributed by atoms with Crippen molar-refractivity contribution in [3.05, 3.63) is 18.3 Å². The van der Waals surface area contributed by atoms with Gasteiger partial charge in [-0.3, -0.25) is 4.72 Å². The number of likely N-dealkylation sites (tertiary alicyclic amines) is 1. The van der Waals surface area contributed by atoms with Crippen LogP contribution in [0.3, 0.4) is 0 Å². The molecule has 1 amide bonds. The molecule has 1 aromatic heterocycles. The predicted octanol–water partition coefficient (Wildman–Crippen LogP) is 2.84. The van der Waals surface area contributed by atoms with Gasteiger partial charge in [-0.25, -0.2) is 9.78 Å². The summed E-state index contributed by atoms with van der Waals surface area (Å²) in [5.41, 5.74) is -0.781. The topological polar surface area (TPSA) is 63.7 Å². The number of carbonyl (C=O) groups is 1. The summed E-state index contributed by atoms with van der Waals surface area (Å²) in [5.74, 6) is 0.674. The Morgan fingerprint density at radius 3 is 2.87 bits per heavy atom. The van der Waals surface area contributed by atoms with Crippen LogP contribution in [0.25, 0.3) is 0 Å². The number of piperidine rings is 1. The Balaban J connectivity index is 1.65. The number of nitrogens with one attached hydrogen (secondary N) is 1. The van der Waals surface area contributed by atoms with Gasteiger partial charge in [0.05, 0.1) is 4.90 Å². The summed E-state index contributed by atoms with van der Waals surface area (Å²) in [6.45, 7) is 7.64. The van der Waals surface area contributed by atoms with Gasteiger partial charge in [0.1, 0.15) is 11.2 Å². The molecule has 1 spiro atoms.